The number of rotatable bonds is 5. The molecule has 9 heteroatoms. The van der Waals surface area contributed by atoms with E-state index in [4.69, 9.17) is 4.74 Å². The second-order valence-electron chi connectivity index (χ2n) is 6.61. The van der Waals surface area contributed by atoms with Crippen molar-refractivity contribution in [1.29, 1.82) is 0 Å². The Balaban J connectivity index is 1.83. The molecule has 0 amide bonds. The molecule has 1 aromatic carbocycles. The topological polar surface area (TPSA) is 48.4 Å². The van der Waals surface area contributed by atoms with Crippen molar-refractivity contribution in [1.82, 2.24) is 4.98 Å². The third kappa shape index (κ3) is 3.29. The van der Waals surface area contributed by atoms with E-state index in [0.29, 0.717) is 5.56 Å². The Labute approximate surface area is 157 Å². The van der Waals surface area contributed by atoms with Crippen LogP contribution in [0, 0.1) is 6.92 Å². The summed E-state index contributed by atoms with van der Waals surface area (Å²) >= 11 is 0. The summed E-state index contributed by atoms with van der Waals surface area (Å²) in [4.78, 5) is 15.3. The van der Waals surface area contributed by atoms with Gasteiger partial charge in [-0.1, -0.05) is 12.1 Å². The van der Waals surface area contributed by atoms with Crippen molar-refractivity contribution >= 4 is 5.97 Å². The number of aromatic nitrogens is 1. The summed E-state index contributed by atoms with van der Waals surface area (Å²) in [5, 5.41) is 0. The smallest absolute Gasteiger partial charge is 0.454 e. The summed E-state index contributed by atoms with van der Waals surface area (Å²) in [5.41, 5.74) is -1.70. The molecule has 0 aliphatic heterocycles. The van der Waals surface area contributed by atoms with Crippen LogP contribution in [0.2, 0.25) is 0 Å². The highest BCUT2D eigenvalue weighted by molar-refractivity contribution is 5.88. The number of hydrogen-bond acceptors (Lipinski definition) is 4. The Morgan fingerprint density at radius 3 is 2.25 bits per heavy atom. The second kappa shape index (κ2) is 6.72. The highest BCUT2D eigenvalue weighted by atomic mass is 19.4. The molecule has 2 aromatic rings. The molecule has 1 aromatic heterocycles. The molecule has 0 bridgehead atoms. The number of esters is 1. The first kappa shape index (κ1) is 20.0. The first-order valence-electron chi connectivity index (χ1n) is 8.30. The fourth-order valence-electron chi connectivity index (χ4n) is 3.03. The van der Waals surface area contributed by atoms with Gasteiger partial charge >= 0.3 is 18.1 Å². The van der Waals surface area contributed by atoms with Crippen molar-refractivity contribution in [3.8, 4) is 11.6 Å². The van der Waals surface area contributed by atoms with Crippen LogP contribution in [-0.2, 0) is 10.2 Å². The lowest BCUT2D eigenvalue weighted by atomic mass is 9.87. The molecule has 0 N–H and O–H groups in total. The Hall–Kier alpha value is -2.71. The summed E-state index contributed by atoms with van der Waals surface area (Å²) in [6.45, 7) is 1.55. The molecular weight excluding hydrogens is 385 g/mol. The van der Waals surface area contributed by atoms with Gasteiger partial charge in [-0.15, -0.1) is 0 Å². The predicted octanol–water partition coefficient (Wildman–Crippen LogP) is 5.20. The summed E-state index contributed by atoms with van der Waals surface area (Å²) < 4.78 is 76.5. The van der Waals surface area contributed by atoms with Crippen LogP contribution in [-0.4, -0.2) is 30.2 Å². The molecule has 28 heavy (non-hydrogen) atoms. The van der Waals surface area contributed by atoms with Crippen LogP contribution < -0.4 is 4.74 Å². The average Bonchev–Trinajstić information content (AvgIpc) is 3.45. The molecule has 0 radical (unpaired) electrons. The fraction of sp³-hybridized carbons (Fsp3) is 0.368. The first-order chi connectivity index (χ1) is 13.0. The zero-order valence-corrected chi connectivity index (χ0v) is 14.9. The van der Waals surface area contributed by atoms with Crippen molar-refractivity contribution in [2.45, 2.75) is 37.3 Å². The van der Waals surface area contributed by atoms with Crippen LogP contribution in [0.4, 0.5) is 22.0 Å². The molecule has 1 heterocycles. The molecule has 0 unspecified atom stereocenters. The maximum absolute atomic E-state index is 14.0. The number of pyridine rings is 1. The highest BCUT2D eigenvalue weighted by Crippen LogP contribution is 2.63. The quantitative estimate of drug-likeness (QED) is 0.511. The number of nitrogens with zero attached hydrogens (tertiary/aromatic N) is 1. The largest absolute Gasteiger partial charge is 0.465 e. The zero-order valence-electron chi connectivity index (χ0n) is 14.9. The molecule has 0 atom stereocenters. The van der Waals surface area contributed by atoms with E-state index < -0.39 is 23.5 Å². The molecule has 1 aliphatic rings. The number of hydrogen-bond donors (Lipinski definition) is 0. The first-order valence-corrected chi connectivity index (χ1v) is 8.30. The normalized spacial score (nSPS) is 15.8. The maximum Gasteiger partial charge on any atom is 0.454 e. The minimum atomic E-state index is -5.61. The standard InChI is InChI=1S/C19H16F5NO3/c1-11-9-13(17(7-8-17)18(20,21)19(22,23)24)4-5-14(11)28-15-6-3-12(10-25-15)16(26)27-2/h3-6,9-10H,7-8H2,1-2H3. The van der Waals surface area contributed by atoms with E-state index in [-0.39, 0.29) is 35.6 Å². The van der Waals surface area contributed by atoms with E-state index in [0.717, 1.165) is 0 Å². The van der Waals surface area contributed by atoms with Gasteiger partial charge in [0, 0.05) is 12.3 Å². The van der Waals surface area contributed by atoms with E-state index in [1.54, 1.807) is 6.92 Å². The Morgan fingerprint density at radius 2 is 1.79 bits per heavy atom. The number of carbonyl (C=O) groups is 1. The average molecular weight is 401 g/mol. The molecule has 0 spiro atoms. The van der Waals surface area contributed by atoms with Crippen LogP contribution in [0.5, 0.6) is 11.6 Å². The molecule has 150 valence electrons. The van der Waals surface area contributed by atoms with Crippen LogP contribution >= 0.6 is 0 Å². The number of aryl methyl sites for hydroxylation is 1. The van der Waals surface area contributed by atoms with E-state index in [9.17, 15) is 26.7 Å². The molecule has 0 saturated heterocycles. The van der Waals surface area contributed by atoms with Gasteiger partial charge in [0.2, 0.25) is 5.88 Å². The number of carbonyl (C=O) groups excluding carboxylic acids is 1. The van der Waals surface area contributed by atoms with Crippen molar-refractivity contribution in [2.75, 3.05) is 7.11 Å². The van der Waals surface area contributed by atoms with Crippen molar-refractivity contribution in [3.05, 3.63) is 53.2 Å². The SMILES string of the molecule is COC(=O)c1ccc(Oc2ccc(C3(C(F)(F)C(F)(F)F)CC3)cc2C)nc1. The number of methoxy groups -OCH3 is 1. The van der Waals surface area contributed by atoms with Crippen LogP contribution in [0.15, 0.2) is 36.5 Å². The van der Waals surface area contributed by atoms with Gasteiger partial charge in [0.15, 0.2) is 0 Å². The van der Waals surface area contributed by atoms with Crippen LogP contribution in [0.1, 0.15) is 34.3 Å². The second-order valence-corrected chi connectivity index (χ2v) is 6.61. The monoisotopic (exact) mass is 401 g/mol. The third-order valence-electron chi connectivity index (χ3n) is 4.81. The van der Waals surface area contributed by atoms with Gasteiger partial charge in [-0.3, -0.25) is 0 Å². The van der Waals surface area contributed by atoms with Gasteiger partial charge in [0.25, 0.3) is 0 Å². The molecule has 3 rings (SSSR count). The minimum absolute atomic E-state index is 0.0753. The molecular formula is C19H16F5NO3. The summed E-state index contributed by atoms with van der Waals surface area (Å²) in [6.07, 6.45) is -4.85. The van der Waals surface area contributed by atoms with E-state index >= 15 is 0 Å². The van der Waals surface area contributed by atoms with E-state index in [2.05, 4.69) is 9.72 Å². The lowest BCUT2D eigenvalue weighted by Gasteiger charge is -2.29. The lowest BCUT2D eigenvalue weighted by Crippen LogP contribution is -2.47. The summed E-state index contributed by atoms with van der Waals surface area (Å²) in [5.74, 6) is -4.99. The van der Waals surface area contributed by atoms with Crippen molar-refractivity contribution in [3.63, 3.8) is 0 Å². The van der Waals surface area contributed by atoms with Crippen molar-refractivity contribution < 1.29 is 36.2 Å². The molecule has 4 nitrogen and oxygen atoms in total. The Kier molecular flexibility index (Phi) is 4.81. The van der Waals surface area contributed by atoms with Crippen molar-refractivity contribution in [2.24, 2.45) is 0 Å². The van der Waals surface area contributed by atoms with Gasteiger partial charge in [0.1, 0.15) is 5.75 Å². The Morgan fingerprint density at radius 1 is 1.11 bits per heavy atom. The highest BCUT2D eigenvalue weighted by Gasteiger charge is 2.75. The summed E-state index contributed by atoms with van der Waals surface area (Å²) in [6, 6.07) is 6.69. The number of ether oxygens (including phenoxy) is 2. The van der Waals surface area contributed by atoms with Gasteiger partial charge in [-0.05, 0) is 43.0 Å². The zero-order chi connectivity index (χ0) is 20.7. The maximum atomic E-state index is 14.0. The van der Waals surface area contributed by atoms with Gasteiger partial charge in [-0.25, -0.2) is 9.78 Å². The van der Waals surface area contributed by atoms with Gasteiger partial charge < -0.3 is 9.47 Å². The molecule has 1 saturated carbocycles. The number of halogens is 5. The number of alkyl halides is 5. The fourth-order valence-corrected chi connectivity index (χ4v) is 3.03. The lowest BCUT2D eigenvalue weighted by molar-refractivity contribution is -0.296. The molecule has 1 aliphatic carbocycles. The van der Waals surface area contributed by atoms with E-state index in [1.807, 2.05) is 0 Å². The molecule has 1 fully saturated rings. The van der Waals surface area contributed by atoms with Crippen LogP contribution in [0.3, 0.4) is 0 Å². The van der Waals surface area contributed by atoms with Gasteiger partial charge in [-0.2, -0.15) is 22.0 Å². The van der Waals surface area contributed by atoms with E-state index in [1.165, 1.54) is 43.6 Å². The Bertz CT molecular complexity index is 889. The predicted molar refractivity (Wildman–Crippen MR) is 88.7 cm³/mol. The number of benzene rings is 1. The minimum Gasteiger partial charge on any atom is -0.465 e. The van der Waals surface area contributed by atoms with Gasteiger partial charge in [0.05, 0.1) is 18.1 Å². The third-order valence-corrected chi connectivity index (χ3v) is 4.81. The summed E-state index contributed by atoms with van der Waals surface area (Å²) in [7, 11) is 1.23. The van der Waals surface area contributed by atoms with Crippen LogP contribution in [0.25, 0.3) is 0 Å².